The van der Waals surface area contributed by atoms with Crippen LogP contribution in [-0.2, 0) is 0 Å². The molecule has 1 unspecified atom stereocenters. The topological polar surface area (TPSA) is 163 Å². The predicted molar refractivity (Wildman–Crippen MR) is 112 cm³/mol. The molecular formula is C19H27N9O2. The van der Waals surface area contributed by atoms with Gasteiger partial charge in [0.2, 0.25) is 5.95 Å². The minimum atomic E-state index is -0.864. The smallest absolute Gasteiger partial charge is 0.223 e. The third-order valence-electron chi connectivity index (χ3n) is 5.37. The van der Waals surface area contributed by atoms with E-state index in [0.29, 0.717) is 17.5 Å². The van der Waals surface area contributed by atoms with Crippen molar-refractivity contribution >= 4 is 17.5 Å². The molecule has 0 spiro atoms. The van der Waals surface area contributed by atoms with E-state index in [4.69, 9.17) is 10.3 Å². The summed E-state index contributed by atoms with van der Waals surface area (Å²) in [5, 5.41) is 30.5. The van der Waals surface area contributed by atoms with Crippen LogP contribution >= 0.6 is 0 Å². The SMILES string of the molecule is Cc1noc(C)c1NC(O)NC1CCC(Nc2nccc(-c3cn[nH]c3N)n2)CC1. The van der Waals surface area contributed by atoms with Gasteiger partial charge in [-0.1, -0.05) is 5.16 Å². The van der Waals surface area contributed by atoms with Crippen LogP contribution in [-0.4, -0.2) is 48.9 Å². The molecule has 3 aromatic rings. The third kappa shape index (κ3) is 4.52. The molecular weight excluding hydrogens is 386 g/mol. The highest BCUT2D eigenvalue weighted by molar-refractivity contribution is 5.70. The molecule has 0 bridgehead atoms. The first-order valence-electron chi connectivity index (χ1n) is 10.0. The molecule has 0 amide bonds. The Morgan fingerprint density at radius 3 is 2.67 bits per heavy atom. The molecule has 4 rings (SSSR count). The fraction of sp³-hybridized carbons (Fsp3) is 0.474. The summed E-state index contributed by atoms with van der Waals surface area (Å²) in [5.41, 5.74) is 8.81. The van der Waals surface area contributed by atoms with E-state index in [1.54, 1.807) is 18.5 Å². The first-order valence-corrected chi connectivity index (χ1v) is 10.0. The highest BCUT2D eigenvalue weighted by atomic mass is 16.5. The molecule has 1 fully saturated rings. The average Bonchev–Trinajstić information content (AvgIpc) is 3.30. The molecule has 0 aromatic carbocycles. The number of aliphatic hydroxyl groups excluding tert-OH is 1. The van der Waals surface area contributed by atoms with Crippen molar-refractivity contribution in [3.8, 4) is 11.3 Å². The first-order chi connectivity index (χ1) is 14.5. The summed E-state index contributed by atoms with van der Waals surface area (Å²) < 4.78 is 5.11. The standard InChI is InChI=1S/C19H27N9O2/c1-10-16(11(2)30-28-10)26-19(29)24-13-5-3-12(4-6-13)23-18-21-8-7-15(25-18)14-9-22-27-17(14)20/h7-9,12-13,19,24,26,29H,3-6H2,1-2H3,(H3,20,22,27)(H,21,23,25). The highest BCUT2D eigenvalue weighted by Gasteiger charge is 2.24. The lowest BCUT2D eigenvalue weighted by Gasteiger charge is -2.31. The van der Waals surface area contributed by atoms with Gasteiger partial charge in [0.25, 0.3) is 0 Å². The summed E-state index contributed by atoms with van der Waals surface area (Å²) in [5.74, 6) is 1.71. The lowest BCUT2D eigenvalue weighted by Crippen LogP contribution is -2.46. The molecule has 7 N–H and O–H groups in total. The number of aliphatic hydroxyl groups is 1. The molecule has 3 heterocycles. The summed E-state index contributed by atoms with van der Waals surface area (Å²) in [6.07, 6.45) is 6.23. The predicted octanol–water partition coefficient (Wildman–Crippen LogP) is 1.75. The lowest BCUT2D eigenvalue weighted by molar-refractivity contribution is 0.136. The maximum Gasteiger partial charge on any atom is 0.223 e. The number of hydrogen-bond donors (Lipinski definition) is 6. The number of nitrogen functional groups attached to an aromatic ring is 1. The molecule has 11 nitrogen and oxygen atoms in total. The number of aromatic amines is 1. The molecule has 3 aromatic heterocycles. The number of anilines is 3. The monoisotopic (exact) mass is 413 g/mol. The van der Waals surface area contributed by atoms with Crippen molar-refractivity contribution in [3.05, 3.63) is 29.9 Å². The molecule has 0 radical (unpaired) electrons. The second-order valence-corrected chi connectivity index (χ2v) is 7.57. The van der Waals surface area contributed by atoms with Crippen molar-refractivity contribution in [2.75, 3.05) is 16.4 Å². The van der Waals surface area contributed by atoms with Gasteiger partial charge < -0.3 is 26.0 Å². The lowest BCUT2D eigenvalue weighted by atomic mass is 9.91. The van der Waals surface area contributed by atoms with Crippen LogP contribution in [0.2, 0.25) is 0 Å². The number of nitrogens with two attached hydrogens (primary N) is 1. The number of nitrogens with one attached hydrogen (secondary N) is 4. The maximum absolute atomic E-state index is 10.3. The maximum atomic E-state index is 10.3. The van der Waals surface area contributed by atoms with Gasteiger partial charge >= 0.3 is 0 Å². The molecule has 11 heteroatoms. The van der Waals surface area contributed by atoms with Gasteiger partial charge in [0.1, 0.15) is 17.2 Å². The number of aryl methyl sites for hydroxylation is 2. The Morgan fingerprint density at radius 1 is 1.23 bits per heavy atom. The Balaban J connectivity index is 1.27. The zero-order valence-electron chi connectivity index (χ0n) is 17.0. The molecule has 30 heavy (non-hydrogen) atoms. The number of H-pyrrole nitrogens is 1. The van der Waals surface area contributed by atoms with Gasteiger partial charge in [0, 0.05) is 18.3 Å². The molecule has 160 valence electrons. The Hall–Kier alpha value is -3.18. The van der Waals surface area contributed by atoms with Crippen LogP contribution in [0.4, 0.5) is 17.5 Å². The molecule has 0 aliphatic heterocycles. The summed E-state index contributed by atoms with van der Waals surface area (Å²) in [4.78, 5) is 8.88. The Morgan fingerprint density at radius 2 is 2.00 bits per heavy atom. The molecule has 1 aliphatic rings. The van der Waals surface area contributed by atoms with Crippen molar-refractivity contribution in [3.63, 3.8) is 0 Å². The van der Waals surface area contributed by atoms with Gasteiger partial charge in [-0.15, -0.1) is 0 Å². The second-order valence-electron chi connectivity index (χ2n) is 7.57. The highest BCUT2D eigenvalue weighted by Crippen LogP contribution is 2.25. The van der Waals surface area contributed by atoms with Crippen molar-refractivity contribution in [2.45, 2.75) is 58.0 Å². The van der Waals surface area contributed by atoms with Crippen LogP contribution in [0.25, 0.3) is 11.3 Å². The van der Waals surface area contributed by atoms with Gasteiger partial charge in [-0.05, 0) is 45.6 Å². The average molecular weight is 413 g/mol. The van der Waals surface area contributed by atoms with Gasteiger partial charge in [-0.3, -0.25) is 10.4 Å². The van der Waals surface area contributed by atoms with Gasteiger partial charge in [-0.25, -0.2) is 9.97 Å². The zero-order chi connectivity index (χ0) is 21.1. The molecule has 1 atom stereocenters. The van der Waals surface area contributed by atoms with Crippen LogP contribution in [0.1, 0.15) is 37.1 Å². The van der Waals surface area contributed by atoms with Gasteiger partial charge in [0.05, 0.1) is 17.5 Å². The largest absolute Gasteiger partial charge is 0.384 e. The molecule has 0 saturated heterocycles. The minimum absolute atomic E-state index is 0.212. The fourth-order valence-corrected chi connectivity index (χ4v) is 3.76. The summed E-state index contributed by atoms with van der Waals surface area (Å²) in [7, 11) is 0. The van der Waals surface area contributed by atoms with Crippen molar-refractivity contribution in [1.29, 1.82) is 0 Å². The quantitative estimate of drug-likeness (QED) is 0.315. The van der Waals surface area contributed by atoms with Crippen LogP contribution in [0.15, 0.2) is 23.0 Å². The van der Waals surface area contributed by atoms with E-state index in [1.165, 1.54) is 0 Å². The van der Waals surface area contributed by atoms with Crippen LogP contribution in [0, 0.1) is 13.8 Å². The fourth-order valence-electron chi connectivity index (χ4n) is 3.76. The minimum Gasteiger partial charge on any atom is -0.384 e. The molecule has 1 aliphatic carbocycles. The number of aromatic nitrogens is 5. The normalized spacial score (nSPS) is 20.1. The number of nitrogens with zero attached hydrogens (tertiary/aromatic N) is 4. The summed E-state index contributed by atoms with van der Waals surface area (Å²) in [6, 6.07) is 2.29. The molecule has 1 saturated carbocycles. The Bertz CT molecular complexity index is 959. The van der Waals surface area contributed by atoms with Gasteiger partial charge in [0.15, 0.2) is 12.1 Å². The first kappa shape index (κ1) is 20.1. The van der Waals surface area contributed by atoms with E-state index in [2.05, 4.69) is 41.3 Å². The van der Waals surface area contributed by atoms with Crippen molar-refractivity contribution in [1.82, 2.24) is 30.6 Å². The Labute approximate surface area is 173 Å². The van der Waals surface area contributed by atoms with Crippen molar-refractivity contribution < 1.29 is 9.63 Å². The van der Waals surface area contributed by atoms with Gasteiger partial charge in [-0.2, -0.15) is 5.10 Å². The van der Waals surface area contributed by atoms with E-state index in [0.717, 1.165) is 48.3 Å². The van der Waals surface area contributed by atoms with E-state index in [9.17, 15) is 5.11 Å². The van der Waals surface area contributed by atoms with Crippen molar-refractivity contribution in [2.24, 2.45) is 0 Å². The number of rotatable bonds is 7. The van der Waals surface area contributed by atoms with E-state index in [1.807, 2.05) is 13.8 Å². The van der Waals surface area contributed by atoms with E-state index < -0.39 is 6.35 Å². The number of hydrogen-bond acceptors (Lipinski definition) is 10. The third-order valence-corrected chi connectivity index (χ3v) is 5.37. The van der Waals surface area contributed by atoms with Crippen LogP contribution < -0.4 is 21.7 Å². The Kier molecular flexibility index (Phi) is 5.81. The zero-order valence-corrected chi connectivity index (χ0v) is 17.0. The van der Waals surface area contributed by atoms with Crippen LogP contribution in [0.5, 0.6) is 0 Å². The summed E-state index contributed by atoms with van der Waals surface area (Å²) >= 11 is 0. The van der Waals surface area contributed by atoms with Crippen LogP contribution in [0.3, 0.4) is 0 Å². The van der Waals surface area contributed by atoms with E-state index >= 15 is 0 Å². The summed E-state index contributed by atoms with van der Waals surface area (Å²) in [6.45, 7) is 3.64. The van der Waals surface area contributed by atoms with E-state index in [-0.39, 0.29) is 12.1 Å². The second kappa shape index (κ2) is 8.67.